The number of H-pyrrole nitrogens is 1. The van der Waals surface area contributed by atoms with Crippen LogP contribution < -0.4 is 24.6 Å². The molecule has 3 N–H and O–H groups in total. The number of imide groups is 1. The second kappa shape index (κ2) is 12.1. The van der Waals surface area contributed by atoms with Crippen LogP contribution >= 0.6 is 39.0 Å². The number of carbonyl (C=O) groups excluding carboxylic acids is 3. The number of hydrogen-bond donors (Lipinski definition) is 3. The van der Waals surface area contributed by atoms with E-state index in [1.807, 2.05) is 31.2 Å². The van der Waals surface area contributed by atoms with E-state index in [1.54, 1.807) is 42.1 Å². The SMILES string of the molecule is CCOc1cc([C@@H]2c3sc(=O)[nH]c3S[C@@H]3[C@@H]4C[C@@H]([C@@H]5C(=O)N(c6ccc(Br)cc6)C(=O)[C@@H]45)[C@H]23)ccc1OCC(=O)Nc1ccc(O)cc1. The summed E-state index contributed by atoms with van der Waals surface area (Å²) < 4.78 is 12.8. The van der Waals surface area contributed by atoms with Crippen molar-refractivity contribution in [1.29, 1.82) is 0 Å². The Kier molecular flexibility index (Phi) is 7.88. The zero-order chi connectivity index (χ0) is 33.3. The fourth-order valence-electron chi connectivity index (χ4n) is 8.23. The van der Waals surface area contributed by atoms with Crippen molar-refractivity contribution in [2.24, 2.45) is 29.6 Å². The molecule has 0 unspecified atom stereocenters. The lowest BCUT2D eigenvalue weighted by molar-refractivity contribution is -0.123. The van der Waals surface area contributed by atoms with E-state index in [4.69, 9.17) is 9.47 Å². The van der Waals surface area contributed by atoms with Crippen LogP contribution in [-0.2, 0) is 14.4 Å². The van der Waals surface area contributed by atoms with Gasteiger partial charge in [-0.05, 0) is 97.3 Å². The van der Waals surface area contributed by atoms with Crippen LogP contribution in [0, 0.1) is 29.6 Å². The molecule has 10 nitrogen and oxygen atoms in total. The number of nitrogens with one attached hydrogen (secondary N) is 2. The van der Waals surface area contributed by atoms with Crippen LogP contribution in [0.3, 0.4) is 0 Å². The number of thioether (sulfide) groups is 1. The molecule has 7 atom stereocenters. The van der Waals surface area contributed by atoms with Gasteiger partial charge in [0, 0.05) is 26.2 Å². The van der Waals surface area contributed by atoms with Crippen molar-refractivity contribution in [3.8, 4) is 17.2 Å². The summed E-state index contributed by atoms with van der Waals surface area (Å²) >= 11 is 6.28. The van der Waals surface area contributed by atoms with Crippen LogP contribution in [0.2, 0.25) is 0 Å². The molecule has 3 amide bonds. The van der Waals surface area contributed by atoms with Crippen molar-refractivity contribution in [2.45, 2.75) is 29.5 Å². The Bertz CT molecular complexity index is 2000. The van der Waals surface area contributed by atoms with Gasteiger partial charge in [-0.3, -0.25) is 24.1 Å². The standard InChI is InChI=1S/C35H30BrN3O7S2/c1-2-45-24-13-16(3-12-23(24)46-15-25(41)37-18-6-10-20(40)11-7-18)26-27-21-14-22(30(27)47-32-31(26)48-35(44)38-32)29-28(21)33(42)39(34(29)43)19-8-4-17(36)5-9-19/h3-13,21-22,26-30,40H,2,14-15H2,1H3,(H,37,41)(H,38,44)/t21-,22-,26+,27-,28+,29+,30-/m1/s1. The average molecular weight is 749 g/mol. The molecule has 1 saturated heterocycles. The van der Waals surface area contributed by atoms with Crippen molar-refractivity contribution >= 4 is 68.1 Å². The van der Waals surface area contributed by atoms with Crippen molar-refractivity contribution in [2.75, 3.05) is 23.4 Å². The number of fused-ring (bicyclic) bond motifs is 9. The van der Waals surface area contributed by atoms with Crippen LogP contribution in [-0.4, -0.2) is 46.3 Å². The summed E-state index contributed by atoms with van der Waals surface area (Å²) in [7, 11) is 0. The third-order valence-corrected chi connectivity index (χ3v) is 13.1. The second-order valence-corrected chi connectivity index (χ2v) is 15.6. The van der Waals surface area contributed by atoms with Crippen molar-refractivity contribution in [1.82, 2.24) is 4.98 Å². The summed E-state index contributed by atoms with van der Waals surface area (Å²) in [4.78, 5) is 58.5. The number of amides is 3. The summed E-state index contributed by atoms with van der Waals surface area (Å²) in [6.07, 6.45) is 0.786. The zero-order valence-electron chi connectivity index (χ0n) is 25.6. The Morgan fingerprint density at radius 2 is 1.71 bits per heavy atom. The lowest BCUT2D eigenvalue weighted by atomic mass is 9.68. The van der Waals surface area contributed by atoms with Gasteiger partial charge in [0.25, 0.3) is 5.91 Å². The normalized spacial score (nSPS) is 26.6. The highest BCUT2D eigenvalue weighted by Crippen LogP contribution is 2.68. The number of carbonyl (C=O) groups is 3. The summed E-state index contributed by atoms with van der Waals surface area (Å²) in [5.74, 6) is -0.637. The molecular weight excluding hydrogens is 718 g/mol. The van der Waals surface area contributed by atoms with E-state index in [1.165, 1.54) is 28.4 Å². The first-order valence-electron chi connectivity index (χ1n) is 15.7. The number of aromatic hydroxyl groups is 1. The van der Waals surface area contributed by atoms with E-state index >= 15 is 0 Å². The maximum Gasteiger partial charge on any atom is 0.305 e. The third-order valence-electron chi connectivity index (χ3n) is 9.95. The minimum Gasteiger partial charge on any atom is -0.508 e. The molecule has 48 heavy (non-hydrogen) atoms. The number of benzene rings is 3. The molecule has 246 valence electrons. The molecule has 4 aliphatic rings. The molecule has 2 aliphatic carbocycles. The van der Waals surface area contributed by atoms with Gasteiger partial charge in [-0.15, -0.1) is 11.8 Å². The summed E-state index contributed by atoms with van der Waals surface area (Å²) in [6.45, 7) is 1.98. The minimum atomic E-state index is -0.409. The Labute approximate surface area is 292 Å². The van der Waals surface area contributed by atoms with E-state index in [-0.39, 0.29) is 69.8 Å². The number of thiazole rings is 1. The molecule has 3 heterocycles. The van der Waals surface area contributed by atoms with Gasteiger partial charge in [0.2, 0.25) is 11.8 Å². The monoisotopic (exact) mass is 747 g/mol. The predicted octanol–water partition coefficient (Wildman–Crippen LogP) is 6.00. The summed E-state index contributed by atoms with van der Waals surface area (Å²) in [6, 6.07) is 19.1. The molecule has 3 fully saturated rings. The summed E-state index contributed by atoms with van der Waals surface area (Å²) in [5, 5.41) is 13.1. The lowest BCUT2D eigenvalue weighted by Gasteiger charge is -2.43. The lowest BCUT2D eigenvalue weighted by Crippen LogP contribution is -2.42. The maximum atomic E-state index is 14.0. The van der Waals surface area contributed by atoms with E-state index in [0.29, 0.717) is 29.5 Å². The number of aromatic nitrogens is 1. The van der Waals surface area contributed by atoms with Crippen LogP contribution in [0.1, 0.15) is 29.7 Å². The smallest absolute Gasteiger partial charge is 0.305 e. The number of halogens is 1. The van der Waals surface area contributed by atoms with Gasteiger partial charge in [0.05, 0.1) is 29.2 Å². The number of phenolic OH excluding ortho intramolecular Hbond substituents is 1. The van der Waals surface area contributed by atoms with E-state index < -0.39 is 5.92 Å². The van der Waals surface area contributed by atoms with Crippen molar-refractivity contribution < 1.29 is 29.0 Å². The number of phenols is 1. The topological polar surface area (TPSA) is 138 Å². The largest absolute Gasteiger partial charge is 0.508 e. The molecular formula is C35H30BrN3O7S2. The van der Waals surface area contributed by atoms with Gasteiger partial charge in [0.1, 0.15) is 5.75 Å². The molecule has 0 spiro atoms. The maximum absolute atomic E-state index is 14.0. The molecule has 2 aliphatic heterocycles. The van der Waals surface area contributed by atoms with Gasteiger partial charge in [-0.1, -0.05) is 33.3 Å². The Morgan fingerprint density at radius 3 is 2.44 bits per heavy atom. The number of anilines is 2. The molecule has 8 rings (SSSR count). The van der Waals surface area contributed by atoms with Gasteiger partial charge in [-0.2, -0.15) is 0 Å². The number of hydrogen-bond acceptors (Lipinski definition) is 9. The fourth-order valence-corrected chi connectivity index (χ4v) is 11.4. The van der Waals surface area contributed by atoms with Crippen molar-refractivity contribution in [3.05, 3.63) is 91.3 Å². The van der Waals surface area contributed by atoms with Crippen molar-refractivity contribution in [3.63, 3.8) is 0 Å². The molecule has 3 aromatic carbocycles. The first-order valence-corrected chi connectivity index (χ1v) is 18.2. The molecule has 0 radical (unpaired) electrons. The number of rotatable bonds is 8. The van der Waals surface area contributed by atoms with Crippen LogP contribution in [0.15, 0.2) is 81.0 Å². The fraction of sp³-hybridized carbons (Fsp3) is 0.314. The number of nitrogens with zero attached hydrogens (tertiary/aromatic N) is 1. The molecule has 13 heteroatoms. The Morgan fingerprint density at radius 1 is 0.979 bits per heavy atom. The minimum absolute atomic E-state index is 0.00649. The van der Waals surface area contributed by atoms with Gasteiger partial charge < -0.3 is 24.9 Å². The highest BCUT2D eigenvalue weighted by molar-refractivity contribution is 9.10. The molecule has 4 aromatic rings. The van der Waals surface area contributed by atoms with E-state index in [0.717, 1.165) is 26.4 Å². The molecule has 1 aromatic heterocycles. The summed E-state index contributed by atoms with van der Waals surface area (Å²) in [5.41, 5.74) is 2.05. The van der Waals surface area contributed by atoms with Gasteiger partial charge in [-0.25, -0.2) is 0 Å². The second-order valence-electron chi connectivity index (χ2n) is 12.5. The van der Waals surface area contributed by atoms with Crippen LogP contribution in [0.4, 0.5) is 11.4 Å². The molecule has 2 saturated carbocycles. The first kappa shape index (κ1) is 31.2. The highest BCUT2D eigenvalue weighted by Gasteiger charge is 2.69. The number of ether oxygens (including phenoxy) is 2. The van der Waals surface area contributed by atoms with E-state index in [9.17, 15) is 24.3 Å². The predicted molar refractivity (Wildman–Crippen MR) is 185 cm³/mol. The third kappa shape index (κ3) is 5.14. The quantitative estimate of drug-likeness (QED) is 0.148. The average Bonchev–Trinajstić information content (AvgIpc) is 3.81. The van der Waals surface area contributed by atoms with Gasteiger partial charge in [0.15, 0.2) is 18.1 Å². The first-order chi connectivity index (χ1) is 23.2. The van der Waals surface area contributed by atoms with Gasteiger partial charge >= 0.3 is 4.87 Å². The zero-order valence-corrected chi connectivity index (χ0v) is 28.8. The Balaban J connectivity index is 1.10. The van der Waals surface area contributed by atoms with Crippen LogP contribution in [0.25, 0.3) is 0 Å². The number of aromatic amines is 1. The highest BCUT2D eigenvalue weighted by atomic mass is 79.9. The molecule has 2 bridgehead atoms. The Hall–Kier alpha value is -4.07. The van der Waals surface area contributed by atoms with E-state index in [2.05, 4.69) is 26.2 Å². The van der Waals surface area contributed by atoms with Crippen LogP contribution in [0.5, 0.6) is 17.2 Å².